The molecule has 0 fully saturated rings. The highest BCUT2D eigenvalue weighted by Gasteiger charge is 2.19. The molecule has 472 valence electrons. The molecule has 0 amide bonds. The number of esters is 3. The Morgan fingerprint density at radius 3 is 0.716 bits per heavy atom. The molecular weight excluding hydrogens is 997 g/mol. The molecule has 0 radical (unpaired) electrons. The summed E-state index contributed by atoms with van der Waals surface area (Å²) in [5, 5.41) is 0. The van der Waals surface area contributed by atoms with Gasteiger partial charge >= 0.3 is 17.9 Å². The van der Waals surface area contributed by atoms with E-state index in [9.17, 15) is 14.4 Å². The largest absolute Gasteiger partial charge is 0.462 e. The number of rotatable bonds is 66. The monoisotopic (exact) mass is 1130 g/mol. The predicted octanol–water partition coefficient (Wildman–Crippen LogP) is 24.7. The van der Waals surface area contributed by atoms with E-state index in [0.29, 0.717) is 19.3 Å². The number of carbonyl (C=O) groups excluding carboxylic acids is 3. The fourth-order valence-electron chi connectivity index (χ4n) is 10.6. The van der Waals surface area contributed by atoms with Crippen LogP contribution in [0.3, 0.4) is 0 Å². The zero-order valence-electron chi connectivity index (χ0n) is 54.3. The van der Waals surface area contributed by atoms with Crippen LogP contribution in [-0.4, -0.2) is 37.2 Å². The topological polar surface area (TPSA) is 78.9 Å². The van der Waals surface area contributed by atoms with Crippen molar-refractivity contribution in [2.45, 2.75) is 386 Å². The van der Waals surface area contributed by atoms with Crippen molar-refractivity contribution >= 4 is 17.9 Å². The van der Waals surface area contributed by atoms with E-state index in [-0.39, 0.29) is 31.1 Å². The molecule has 1 atom stereocenters. The summed E-state index contributed by atoms with van der Waals surface area (Å²) < 4.78 is 17.0. The van der Waals surface area contributed by atoms with Crippen molar-refractivity contribution in [3.8, 4) is 0 Å². The van der Waals surface area contributed by atoms with E-state index in [4.69, 9.17) is 14.2 Å². The first-order chi connectivity index (χ1) is 40.0. The summed E-state index contributed by atoms with van der Waals surface area (Å²) in [7, 11) is 0. The third kappa shape index (κ3) is 67.8. The summed E-state index contributed by atoms with van der Waals surface area (Å²) in [6.07, 6.45) is 89.6. The number of allylic oxidation sites excluding steroid dienone is 10. The van der Waals surface area contributed by atoms with Gasteiger partial charge in [-0.3, -0.25) is 14.4 Å². The molecule has 0 saturated heterocycles. The Hall–Kier alpha value is -2.89. The van der Waals surface area contributed by atoms with Crippen LogP contribution in [0.1, 0.15) is 380 Å². The highest BCUT2D eigenvalue weighted by Crippen LogP contribution is 2.18. The van der Waals surface area contributed by atoms with E-state index in [2.05, 4.69) is 81.5 Å². The van der Waals surface area contributed by atoms with E-state index in [0.717, 1.165) is 83.5 Å². The Balaban J connectivity index is 4.25. The lowest BCUT2D eigenvalue weighted by Gasteiger charge is -2.18. The summed E-state index contributed by atoms with van der Waals surface area (Å²) in [6, 6.07) is 0. The Morgan fingerprint density at radius 1 is 0.247 bits per heavy atom. The average molecular weight is 1130 g/mol. The second-order valence-electron chi connectivity index (χ2n) is 24.1. The van der Waals surface area contributed by atoms with Crippen molar-refractivity contribution in [1.82, 2.24) is 0 Å². The number of carbonyl (C=O) groups is 3. The van der Waals surface area contributed by atoms with Crippen molar-refractivity contribution in [2.24, 2.45) is 0 Å². The first-order valence-corrected chi connectivity index (χ1v) is 35.8. The molecule has 0 rings (SSSR count). The minimum absolute atomic E-state index is 0.0747. The molecule has 0 aromatic rings. The van der Waals surface area contributed by atoms with Gasteiger partial charge in [-0.2, -0.15) is 0 Å². The Kier molecular flexibility index (Phi) is 67.1. The Bertz CT molecular complexity index is 1440. The summed E-state index contributed by atoms with van der Waals surface area (Å²) >= 11 is 0. The number of unbranched alkanes of at least 4 members (excludes halogenated alkanes) is 45. The third-order valence-electron chi connectivity index (χ3n) is 16.0. The van der Waals surface area contributed by atoms with Crippen molar-refractivity contribution in [3.63, 3.8) is 0 Å². The van der Waals surface area contributed by atoms with Crippen LogP contribution in [0.15, 0.2) is 60.8 Å². The van der Waals surface area contributed by atoms with Gasteiger partial charge in [0.25, 0.3) is 0 Å². The fourth-order valence-corrected chi connectivity index (χ4v) is 10.6. The van der Waals surface area contributed by atoms with Crippen LogP contribution in [0.4, 0.5) is 0 Å². The Labute approximate surface area is 504 Å². The van der Waals surface area contributed by atoms with Crippen LogP contribution >= 0.6 is 0 Å². The van der Waals surface area contributed by atoms with Gasteiger partial charge in [0.05, 0.1) is 0 Å². The molecular formula is C75H136O6. The van der Waals surface area contributed by atoms with Gasteiger partial charge in [-0.15, -0.1) is 0 Å². The van der Waals surface area contributed by atoms with Gasteiger partial charge in [-0.1, -0.05) is 332 Å². The molecule has 0 aliphatic carbocycles. The molecule has 0 saturated carbocycles. The molecule has 6 heteroatoms. The van der Waals surface area contributed by atoms with Crippen LogP contribution in [0, 0.1) is 0 Å². The van der Waals surface area contributed by atoms with Crippen molar-refractivity contribution < 1.29 is 28.6 Å². The lowest BCUT2D eigenvalue weighted by molar-refractivity contribution is -0.167. The van der Waals surface area contributed by atoms with Crippen LogP contribution in [0.25, 0.3) is 0 Å². The van der Waals surface area contributed by atoms with Gasteiger partial charge in [-0.25, -0.2) is 0 Å². The normalized spacial score (nSPS) is 12.4. The molecule has 1 unspecified atom stereocenters. The summed E-state index contributed by atoms with van der Waals surface area (Å²) in [5.74, 6) is -0.862. The van der Waals surface area contributed by atoms with Crippen LogP contribution in [-0.2, 0) is 28.6 Å². The molecule has 0 spiro atoms. The number of ether oxygens (including phenoxy) is 3. The summed E-state index contributed by atoms with van der Waals surface area (Å²) in [6.45, 7) is 6.65. The van der Waals surface area contributed by atoms with Gasteiger partial charge < -0.3 is 14.2 Å². The second kappa shape index (κ2) is 69.6. The maximum Gasteiger partial charge on any atom is 0.306 e. The van der Waals surface area contributed by atoms with E-state index in [1.165, 1.54) is 257 Å². The number of hydrogen-bond acceptors (Lipinski definition) is 6. The zero-order valence-corrected chi connectivity index (χ0v) is 54.3. The summed E-state index contributed by atoms with van der Waals surface area (Å²) in [5.41, 5.74) is 0. The van der Waals surface area contributed by atoms with E-state index in [1.54, 1.807) is 0 Å². The summed E-state index contributed by atoms with van der Waals surface area (Å²) in [4.78, 5) is 38.4. The average Bonchev–Trinajstić information content (AvgIpc) is 3.47. The number of hydrogen-bond donors (Lipinski definition) is 0. The molecule has 81 heavy (non-hydrogen) atoms. The van der Waals surface area contributed by atoms with Gasteiger partial charge in [0.2, 0.25) is 0 Å². The van der Waals surface area contributed by atoms with Crippen molar-refractivity contribution in [2.75, 3.05) is 13.2 Å². The lowest BCUT2D eigenvalue weighted by Crippen LogP contribution is -2.30. The quantitative estimate of drug-likeness (QED) is 0.0261. The van der Waals surface area contributed by atoms with E-state index >= 15 is 0 Å². The van der Waals surface area contributed by atoms with Crippen LogP contribution in [0.5, 0.6) is 0 Å². The smallest absolute Gasteiger partial charge is 0.306 e. The molecule has 0 heterocycles. The van der Waals surface area contributed by atoms with Crippen molar-refractivity contribution in [3.05, 3.63) is 60.8 Å². The lowest BCUT2D eigenvalue weighted by atomic mass is 10.0. The maximum atomic E-state index is 12.9. The molecule has 6 nitrogen and oxygen atoms in total. The third-order valence-corrected chi connectivity index (χ3v) is 16.0. The molecule has 0 aromatic carbocycles. The van der Waals surface area contributed by atoms with Crippen LogP contribution in [0.2, 0.25) is 0 Å². The van der Waals surface area contributed by atoms with Crippen LogP contribution < -0.4 is 0 Å². The van der Waals surface area contributed by atoms with Gasteiger partial charge in [-0.05, 0) is 89.9 Å². The maximum absolute atomic E-state index is 12.9. The molecule has 0 aromatic heterocycles. The molecule has 0 N–H and O–H groups in total. The second-order valence-corrected chi connectivity index (χ2v) is 24.1. The SMILES string of the molecule is CCCCC/C=C\C/C=C\C/C=C\CCCCCCCCC(=O)OC(COC(=O)CCCCCCCCCCCCCCCCC)COC(=O)CCCCCCCCCCCCCCCCCCC/C=C\C/C=C\CCCCCCC. The van der Waals surface area contributed by atoms with Crippen molar-refractivity contribution in [1.29, 1.82) is 0 Å². The van der Waals surface area contributed by atoms with Gasteiger partial charge in [0.15, 0.2) is 6.10 Å². The molecule has 0 aliphatic heterocycles. The first-order valence-electron chi connectivity index (χ1n) is 35.8. The van der Waals surface area contributed by atoms with E-state index < -0.39 is 6.10 Å². The Morgan fingerprint density at radius 2 is 0.444 bits per heavy atom. The molecule has 0 bridgehead atoms. The highest BCUT2D eigenvalue weighted by atomic mass is 16.6. The zero-order chi connectivity index (χ0) is 58.5. The highest BCUT2D eigenvalue weighted by molar-refractivity contribution is 5.71. The minimum Gasteiger partial charge on any atom is -0.462 e. The first kappa shape index (κ1) is 78.1. The predicted molar refractivity (Wildman–Crippen MR) is 353 cm³/mol. The van der Waals surface area contributed by atoms with Gasteiger partial charge in [0, 0.05) is 19.3 Å². The molecule has 0 aliphatic rings. The minimum atomic E-state index is -0.780. The standard InChI is InChI=1S/C75H136O6/c1-4-7-10-13-16-19-22-25-28-30-32-33-34-35-36-37-38-39-40-41-43-44-47-50-53-56-59-62-65-68-74(77)80-71-72(70-79-73(76)67-64-61-58-55-52-49-46-27-24-21-18-15-12-9-6-3)81-75(78)69-66-63-60-57-54-51-48-45-42-31-29-26-23-20-17-14-11-8-5-2/h17,20,22,25-26,29-30,32,42,45,72H,4-16,18-19,21,23-24,27-28,31,33-41,43-44,46-71H2,1-3H3/b20-17-,25-22-,29-26-,32-30-,45-42-. The van der Waals surface area contributed by atoms with Gasteiger partial charge in [0.1, 0.15) is 13.2 Å². The fraction of sp³-hybridized carbons (Fsp3) is 0.827. The van der Waals surface area contributed by atoms with E-state index in [1.807, 2.05) is 0 Å².